The average molecular weight is 338 g/mol. The van der Waals surface area contributed by atoms with Crippen LogP contribution in [0, 0.1) is 0 Å². The monoisotopic (exact) mass is 337 g/mol. The first-order valence-corrected chi connectivity index (χ1v) is 9.44. The second-order valence-electron chi connectivity index (χ2n) is 6.43. The molecule has 0 aromatic carbocycles. The van der Waals surface area contributed by atoms with E-state index >= 15 is 0 Å². The number of aliphatic imine (C=N–C) groups is 1. The van der Waals surface area contributed by atoms with E-state index in [0.717, 1.165) is 45.0 Å². The molecular formula is C17H31N5S. The number of thiophene rings is 1. The van der Waals surface area contributed by atoms with Gasteiger partial charge < -0.3 is 20.4 Å². The van der Waals surface area contributed by atoms with Crippen LogP contribution in [-0.2, 0) is 0 Å². The first kappa shape index (κ1) is 18.1. The molecule has 130 valence electrons. The maximum atomic E-state index is 4.36. The van der Waals surface area contributed by atoms with Gasteiger partial charge in [0.05, 0.1) is 5.00 Å². The van der Waals surface area contributed by atoms with Crippen molar-refractivity contribution in [3.63, 3.8) is 0 Å². The molecule has 2 heterocycles. The minimum atomic E-state index is 0.514. The third-order valence-corrected chi connectivity index (χ3v) is 5.44. The van der Waals surface area contributed by atoms with Crippen LogP contribution in [0.3, 0.4) is 0 Å². The van der Waals surface area contributed by atoms with Gasteiger partial charge in [0.25, 0.3) is 0 Å². The van der Waals surface area contributed by atoms with Gasteiger partial charge in [0, 0.05) is 45.3 Å². The normalized spacial score (nSPS) is 17.1. The van der Waals surface area contributed by atoms with Gasteiger partial charge in [0.15, 0.2) is 5.96 Å². The number of hydrogen-bond acceptors (Lipinski definition) is 4. The lowest BCUT2D eigenvalue weighted by atomic mass is 10.1. The average Bonchev–Trinajstić information content (AvgIpc) is 3.08. The Labute approximate surface area is 144 Å². The van der Waals surface area contributed by atoms with Crippen LogP contribution in [-0.4, -0.2) is 63.2 Å². The van der Waals surface area contributed by atoms with E-state index in [1.54, 1.807) is 0 Å². The van der Waals surface area contributed by atoms with E-state index in [-0.39, 0.29) is 0 Å². The molecule has 0 amide bonds. The molecular weight excluding hydrogens is 306 g/mol. The van der Waals surface area contributed by atoms with Crippen LogP contribution in [0.25, 0.3) is 0 Å². The molecule has 0 unspecified atom stereocenters. The molecule has 1 aliphatic rings. The Morgan fingerprint density at radius 3 is 2.74 bits per heavy atom. The van der Waals surface area contributed by atoms with Crippen molar-refractivity contribution in [2.75, 3.05) is 45.2 Å². The van der Waals surface area contributed by atoms with Gasteiger partial charge in [-0.2, -0.15) is 0 Å². The highest BCUT2D eigenvalue weighted by atomic mass is 32.1. The van der Waals surface area contributed by atoms with Crippen LogP contribution >= 0.6 is 11.3 Å². The quantitative estimate of drug-likeness (QED) is 0.617. The van der Waals surface area contributed by atoms with Crippen molar-refractivity contribution in [1.82, 2.24) is 15.5 Å². The van der Waals surface area contributed by atoms with Gasteiger partial charge in [-0.15, -0.1) is 11.3 Å². The Morgan fingerprint density at radius 2 is 2.17 bits per heavy atom. The number of anilines is 1. The van der Waals surface area contributed by atoms with Crippen LogP contribution in [0.4, 0.5) is 5.00 Å². The van der Waals surface area contributed by atoms with Gasteiger partial charge >= 0.3 is 0 Å². The maximum absolute atomic E-state index is 4.36. The fourth-order valence-electron chi connectivity index (χ4n) is 2.69. The van der Waals surface area contributed by atoms with Gasteiger partial charge in [0.1, 0.15) is 0 Å². The van der Waals surface area contributed by atoms with Gasteiger partial charge in [-0.1, -0.05) is 0 Å². The summed E-state index contributed by atoms with van der Waals surface area (Å²) in [4.78, 5) is 9.17. The Bertz CT molecular complexity index is 463. The summed E-state index contributed by atoms with van der Waals surface area (Å²) in [6.45, 7) is 8.61. The van der Waals surface area contributed by atoms with Gasteiger partial charge in [-0.05, 0) is 51.2 Å². The SMILES string of the molecule is CN=C(NCCN(C)C(C)C)NC1CCN(c2cccs2)CC1. The minimum Gasteiger partial charge on any atom is -0.363 e. The fourth-order valence-corrected chi connectivity index (χ4v) is 3.48. The van der Waals surface area contributed by atoms with Crippen molar-refractivity contribution in [2.24, 2.45) is 4.99 Å². The van der Waals surface area contributed by atoms with E-state index in [1.807, 2.05) is 18.4 Å². The molecule has 23 heavy (non-hydrogen) atoms. The lowest BCUT2D eigenvalue weighted by molar-refractivity contribution is 0.278. The minimum absolute atomic E-state index is 0.514. The summed E-state index contributed by atoms with van der Waals surface area (Å²) >= 11 is 1.83. The van der Waals surface area contributed by atoms with Crippen LogP contribution in [0.15, 0.2) is 22.5 Å². The summed E-state index contributed by atoms with van der Waals surface area (Å²) in [5.74, 6) is 0.928. The highest BCUT2D eigenvalue weighted by molar-refractivity contribution is 7.14. The number of nitrogens with zero attached hydrogens (tertiary/aromatic N) is 3. The second kappa shape index (κ2) is 9.13. The van der Waals surface area contributed by atoms with E-state index in [2.05, 4.69) is 63.8 Å². The predicted molar refractivity (Wildman–Crippen MR) is 102 cm³/mol. The van der Waals surface area contributed by atoms with Gasteiger partial charge in [0.2, 0.25) is 0 Å². The molecule has 1 aliphatic heterocycles. The summed E-state index contributed by atoms with van der Waals surface area (Å²) in [6, 6.07) is 5.43. The Morgan fingerprint density at radius 1 is 1.43 bits per heavy atom. The number of likely N-dealkylation sites (N-methyl/N-ethyl adjacent to an activating group) is 1. The second-order valence-corrected chi connectivity index (χ2v) is 7.36. The zero-order valence-electron chi connectivity index (χ0n) is 14.9. The molecule has 6 heteroatoms. The highest BCUT2D eigenvalue weighted by Crippen LogP contribution is 2.24. The van der Waals surface area contributed by atoms with E-state index in [0.29, 0.717) is 12.1 Å². The molecule has 1 aromatic rings. The maximum Gasteiger partial charge on any atom is 0.191 e. The molecule has 2 N–H and O–H groups in total. The van der Waals surface area contributed by atoms with E-state index in [9.17, 15) is 0 Å². The smallest absolute Gasteiger partial charge is 0.191 e. The lowest BCUT2D eigenvalue weighted by Gasteiger charge is -2.33. The first-order chi connectivity index (χ1) is 11.1. The third kappa shape index (κ3) is 5.70. The topological polar surface area (TPSA) is 42.9 Å². The predicted octanol–water partition coefficient (Wildman–Crippen LogP) is 2.22. The van der Waals surface area contributed by atoms with Crippen molar-refractivity contribution in [2.45, 2.75) is 38.8 Å². The molecule has 0 atom stereocenters. The summed E-state index contributed by atoms with van der Waals surface area (Å²) in [7, 11) is 4.01. The molecule has 0 spiro atoms. The van der Waals surface area contributed by atoms with Crippen molar-refractivity contribution in [3.05, 3.63) is 17.5 Å². The highest BCUT2D eigenvalue weighted by Gasteiger charge is 2.20. The molecule has 1 saturated heterocycles. The molecule has 0 bridgehead atoms. The van der Waals surface area contributed by atoms with Crippen LogP contribution in [0.2, 0.25) is 0 Å². The molecule has 0 saturated carbocycles. The molecule has 1 fully saturated rings. The zero-order valence-corrected chi connectivity index (χ0v) is 15.7. The lowest BCUT2D eigenvalue weighted by Crippen LogP contribution is -2.49. The van der Waals surface area contributed by atoms with Crippen molar-refractivity contribution < 1.29 is 0 Å². The number of guanidine groups is 1. The number of hydrogen-bond donors (Lipinski definition) is 2. The molecule has 0 aliphatic carbocycles. The largest absolute Gasteiger partial charge is 0.363 e. The number of rotatable bonds is 6. The van der Waals surface area contributed by atoms with E-state index < -0.39 is 0 Å². The summed E-state index contributed by atoms with van der Waals surface area (Å²) < 4.78 is 0. The molecule has 1 aromatic heterocycles. The molecule has 0 radical (unpaired) electrons. The number of piperidine rings is 1. The van der Waals surface area contributed by atoms with Crippen molar-refractivity contribution in [1.29, 1.82) is 0 Å². The third-order valence-electron chi connectivity index (χ3n) is 4.52. The van der Waals surface area contributed by atoms with Crippen molar-refractivity contribution in [3.8, 4) is 0 Å². The zero-order chi connectivity index (χ0) is 16.7. The van der Waals surface area contributed by atoms with Gasteiger partial charge in [-0.25, -0.2) is 0 Å². The Hall–Kier alpha value is -1.27. The first-order valence-electron chi connectivity index (χ1n) is 8.56. The summed E-state index contributed by atoms with van der Waals surface area (Å²) in [5, 5.41) is 10.5. The van der Waals surface area contributed by atoms with Gasteiger partial charge in [-0.3, -0.25) is 4.99 Å². The fraction of sp³-hybridized carbons (Fsp3) is 0.706. The Balaban J connectivity index is 1.69. The van der Waals surface area contributed by atoms with Crippen molar-refractivity contribution >= 4 is 22.3 Å². The standard InChI is InChI=1S/C17H31N5S/c1-14(2)21(4)12-9-19-17(18-3)20-15-7-10-22(11-8-15)16-6-5-13-23-16/h5-6,13-15H,7-12H2,1-4H3,(H2,18,19,20). The van der Waals surface area contributed by atoms with Crippen LogP contribution in [0.5, 0.6) is 0 Å². The number of nitrogens with one attached hydrogen (secondary N) is 2. The molecule has 5 nitrogen and oxygen atoms in total. The summed E-state index contributed by atoms with van der Waals surface area (Å²) in [6.07, 6.45) is 2.31. The summed E-state index contributed by atoms with van der Waals surface area (Å²) in [5.41, 5.74) is 0. The molecule has 2 rings (SSSR count). The van der Waals surface area contributed by atoms with Crippen LogP contribution < -0.4 is 15.5 Å². The van der Waals surface area contributed by atoms with E-state index in [4.69, 9.17) is 0 Å². The van der Waals surface area contributed by atoms with Crippen LogP contribution in [0.1, 0.15) is 26.7 Å². The van der Waals surface area contributed by atoms with E-state index in [1.165, 1.54) is 5.00 Å². The Kier molecular flexibility index (Phi) is 7.17.